The van der Waals surface area contributed by atoms with Gasteiger partial charge in [-0.1, -0.05) is 35.9 Å². The third-order valence-electron chi connectivity index (χ3n) is 4.80. The Kier molecular flexibility index (Phi) is 7.02. The van der Waals surface area contributed by atoms with Crippen LogP contribution in [0.25, 0.3) is 0 Å². The number of halogens is 1. The van der Waals surface area contributed by atoms with Crippen LogP contribution < -0.4 is 0 Å². The van der Waals surface area contributed by atoms with Gasteiger partial charge in [0, 0.05) is 23.8 Å². The number of aryl methyl sites for hydroxylation is 1. The van der Waals surface area contributed by atoms with Crippen molar-refractivity contribution in [3.05, 3.63) is 74.9 Å². The van der Waals surface area contributed by atoms with E-state index in [9.17, 15) is 13.2 Å². The summed E-state index contributed by atoms with van der Waals surface area (Å²) in [6.45, 7) is 5.81. The number of carbonyl (C=O) groups is 1. The predicted molar refractivity (Wildman–Crippen MR) is 118 cm³/mol. The molecule has 0 unspecified atom stereocenters. The quantitative estimate of drug-likeness (QED) is 0.478. The maximum absolute atomic E-state index is 13.4. The van der Waals surface area contributed by atoms with Gasteiger partial charge in [0.15, 0.2) is 0 Å². The normalized spacial score (nSPS) is 11.8. The van der Waals surface area contributed by atoms with Crippen molar-refractivity contribution < 1.29 is 17.9 Å². The first-order chi connectivity index (χ1) is 14.3. The SMILES string of the molecule is CCOC(=O)c1[nH]c(C)c(CN(Cc2ccccc2Cl)S(=O)(=O)c2cccs2)c1C. The molecule has 9 heteroatoms. The van der Waals surface area contributed by atoms with Gasteiger partial charge in [-0.15, -0.1) is 11.3 Å². The van der Waals surface area contributed by atoms with E-state index in [0.717, 1.165) is 22.6 Å². The zero-order valence-corrected chi connectivity index (χ0v) is 19.3. The van der Waals surface area contributed by atoms with Crippen molar-refractivity contribution in [2.75, 3.05) is 6.61 Å². The molecule has 0 amide bonds. The molecule has 0 aliphatic rings. The summed E-state index contributed by atoms with van der Waals surface area (Å²) in [5, 5.41) is 2.23. The summed E-state index contributed by atoms with van der Waals surface area (Å²) in [6.07, 6.45) is 0. The van der Waals surface area contributed by atoms with Gasteiger partial charge < -0.3 is 9.72 Å². The Hall–Kier alpha value is -2.13. The van der Waals surface area contributed by atoms with E-state index in [1.54, 1.807) is 49.6 Å². The molecule has 0 saturated heterocycles. The number of hydrogen-bond donors (Lipinski definition) is 1. The summed E-state index contributed by atoms with van der Waals surface area (Å²) >= 11 is 7.47. The van der Waals surface area contributed by atoms with Gasteiger partial charge in [0.05, 0.1) is 6.61 Å². The Balaban J connectivity index is 2.02. The van der Waals surface area contributed by atoms with Crippen molar-refractivity contribution in [1.29, 1.82) is 0 Å². The molecule has 0 atom stereocenters. The second-order valence-corrected chi connectivity index (χ2v) is 10.3. The van der Waals surface area contributed by atoms with Crippen LogP contribution in [0.1, 0.15) is 39.8 Å². The molecule has 0 aliphatic carbocycles. The van der Waals surface area contributed by atoms with E-state index in [1.807, 2.05) is 13.0 Å². The standard InChI is InChI=1S/C21H23ClN2O4S2/c1-4-28-21(25)20-14(2)17(15(3)23-20)13-24(12-16-8-5-6-9-18(16)22)30(26,27)19-10-7-11-29-19/h5-11,23H,4,12-13H2,1-3H3. The molecule has 0 bridgehead atoms. The molecule has 0 saturated carbocycles. The van der Waals surface area contributed by atoms with Gasteiger partial charge in [0.2, 0.25) is 0 Å². The zero-order valence-electron chi connectivity index (χ0n) is 16.9. The first kappa shape index (κ1) is 22.6. The topological polar surface area (TPSA) is 79.5 Å². The molecular weight excluding hydrogens is 444 g/mol. The Morgan fingerprint density at radius 1 is 1.17 bits per heavy atom. The molecule has 0 radical (unpaired) electrons. The number of ether oxygens (including phenoxy) is 1. The fraction of sp³-hybridized carbons (Fsp3) is 0.286. The van der Waals surface area contributed by atoms with Crippen LogP contribution >= 0.6 is 22.9 Å². The zero-order chi connectivity index (χ0) is 21.9. The van der Waals surface area contributed by atoms with E-state index in [0.29, 0.717) is 21.8 Å². The molecule has 2 aromatic heterocycles. The van der Waals surface area contributed by atoms with E-state index >= 15 is 0 Å². The second-order valence-electron chi connectivity index (χ2n) is 6.75. The highest BCUT2D eigenvalue weighted by Crippen LogP contribution is 2.29. The van der Waals surface area contributed by atoms with Crippen molar-refractivity contribution in [3.8, 4) is 0 Å². The van der Waals surface area contributed by atoms with Crippen LogP contribution in [-0.4, -0.2) is 30.3 Å². The first-order valence-corrected chi connectivity index (χ1v) is 12.1. The minimum absolute atomic E-state index is 0.0963. The Morgan fingerprint density at radius 2 is 1.90 bits per heavy atom. The molecule has 0 aliphatic heterocycles. The number of esters is 1. The van der Waals surface area contributed by atoms with Gasteiger partial charge in [-0.2, -0.15) is 4.31 Å². The lowest BCUT2D eigenvalue weighted by Crippen LogP contribution is -2.30. The first-order valence-electron chi connectivity index (χ1n) is 9.38. The summed E-state index contributed by atoms with van der Waals surface area (Å²) in [7, 11) is -3.76. The van der Waals surface area contributed by atoms with Gasteiger partial charge in [-0.3, -0.25) is 0 Å². The molecule has 0 fully saturated rings. The van der Waals surface area contributed by atoms with Gasteiger partial charge in [0.25, 0.3) is 10.0 Å². The highest BCUT2D eigenvalue weighted by atomic mass is 35.5. The number of benzene rings is 1. The van der Waals surface area contributed by atoms with Gasteiger partial charge in [-0.05, 0) is 55.0 Å². The number of aromatic amines is 1. The number of thiophene rings is 1. The maximum Gasteiger partial charge on any atom is 0.355 e. The monoisotopic (exact) mass is 466 g/mol. The third kappa shape index (κ3) is 4.62. The molecule has 1 N–H and O–H groups in total. The Labute approximate surface area is 185 Å². The predicted octanol–water partition coefficient (Wildman–Crippen LogP) is 4.91. The molecular formula is C21H23ClN2O4S2. The fourth-order valence-electron chi connectivity index (χ4n) is 3.19. The average Bonchev–Trinajstić information content (AvgIpc) is 3.34. The number of aromatic nitrogens is 1. The molecule has 0 spiro atoms. The largest absolute Gasteiger partial charge is 0.461 e. The van der Waals surface area contributed by atoms with Crippen molar-refractivity contribution in [3.63, 3.8) is 0 Å². The second kappa shape index (κ2) is 9.34. The number of H-pyrrole nitrogens is 1. The van der Waals surface area contributed by atoms with Crippen LogP contribution in [0.2, 0.25) is 5.02 Å². The van der Waals surface area contributed by atoms with E-state index in [-0.39, 0.29) is 23.9 Å². The minimum atomic E-state index is -3.76. The Morgan fingerprint density at radius 3 is 2.53 bits per heavy atom. The van der Waals surface area contributed by atoms with E-state index in [1.165, 1.54) is 4.31 Å². The molecule has 30 heavy (non-hydrogen) atoms. The molecule has 1 aromatic carbocycles. The van der Waals surface area contributed by atoms with Crippen molar-refractivity contribution in [1.82, 2.24) is 9.29 Å². The highest BCUT2D eigenvalue weighted by molar-refractivity contribution is 7.91. The number of hydrogen-bond acceptors (Lipinski definition) is 5. The summed E-state index contributed by atoms with van der Waals surface area (Å²) in [6, 6.07) is 10.5. The number of nitrogens with zero attached hydrogens (tertiary/aromatic N) is 1. The molecule has 160 valence electrons. The van der Waals surface area contributed by atoms with Crippen LogP contribution in [0.4, 0.5) is 0 Å². The molecule has 3 rings (SSSR count). The highest BCUT2D eigenvalue weighted by Gasteiger charge is 2.29. The lowest BCUT2D eigenvalue weighted by molar-refractivity contribution is 0.0519. The smallest absolute Gasteiger partial charge is 0.355 e. The molecule has 3 aromatic rings. The van der Waals surface area contributed by atoms with Crippen LogP contribution in [-0.2, 0) is 27.8 Å². The van der Waals surface area contributed by atoms with Crippen LogP contribution in [0.15, 0.2) is 46.0 Å². The number of carbonyl (C=O) groups excluding carboxylic acids is 1. The summed E-state index contributed by atoms with van der Waals surface area (Å²) < 4.78 is 33.5. The van der Waals surface area contributed by atoms with Crippen LogP contribution in [0.3, 0.4) is 0 Å². The summed E-state index contributed by atoms with van der Waals surface area (Å²) in [5.74, 6) is -0.455. The number of rotatable bonds is 8. The maximum atomic E-state index is 13.4. The van der Waals surface area contributed by atoms with Gasteiger partial charge in [0.1, 0.15) is 9.90 Å². The van der Waals surface area contributed by atoms with Crippen molar-refractivity contribution in [2.45, 2.75) is 38.1 Å². The summed E-state index contributed by atoms with van der Waals surface area (Å²) in [5.41, 5.74) is 3.19. The van der Waals surface area contributed by atoms with E-state index in [2.05, 4.69) is 4.98 Å². The lowest BCUT2D eigenvalue weighted by atomic mass is 10.1. The molecule has 6 nitrogen and oxygen atoms in total. The minimum Gasteiger partial charge on any atom is -0.461 e. The average molecular weight is 467 g/mol. The third-order valence-corrected chi connectivity index (χ3v) is 8.33. The van der Waals surface area contributed by atoms with E-state index < -0.39 is 16.0 Å². The summed E-state index contributed by atoms with van der Waals surface area (Å²) in [4.78, 5) is 15.3. The van der Waals surface area contributed by atoms with Crippen molar-refractivity contribution >= 4 is 38.9 Å². The van der Waals surface area contributed by atoms with E-state index in [4.69, 9.17) is 16.3 Å². The Bertz CT molecular complexity index is 1140. The molecule has 2 heterocycles. The fourth-order valence-corrected chi connectivity index (χ4v) is 5.92. The van der Waals surface area contributed by atoms with Crippen LogP contribution in [0.5, 0.6) is 0 Å². The van der Waals surface area contributed by atoms with Gasteiger partial charge >= 0.3 is 5.97 Å². The lowest BCUT2D eigenvalue weighted by Gasteiger charge is -2.22. The number of sulfonamides is 1. The number of nitrogens with one attached hydrogen (secondary N) is 1. The van der Waals surface area contributed by atoms with Crippen LogP contribution in [0, 0.1) is 13.8 Å². The van der Waals surface area contributed by atoms with Crippen molar-refractivity contribution in [2.24, 2.45) is 0 Å². The van der Waals surface area contributed by atoms with Gasteiger partial charge in [-0.25, -0.2) is 13.2 Å².